The summed E-state index contributed by atoms with van der Waals surface area (Å²) in [7, 11) is 1.71. The first-order valence-corrected chi connectivity index (χ1v) is 9.11. The third kappa shape index (κ3) is 4.24. The average molecular weight is 390 g/mol. The summed E-state index contributed by atoms with van der Waals surface area (Å²) in [5.74, 6) is -1.89. The normalized spacial score (nSPS) is 10.5. The Morgan fingerprint density at radius 1 is 0.931 bits per heavy atom. The van der Waals surface area contributed by atoms with E-state index in [2.05, 4.69) is 15.7 Å². The molecule has 0 radical (unpaired) electrons. The van der Waals surface area contributed by atoms with Gasteiger partial charge in [0, 0.05) is 18.4 Å². The van der Waals surface area contributed by atoms with Gasteiger partial charge in [-0.2, -0.15) is 5.10 Å². The highest BCUT2D eigenvalue weighted by molar-refractivity contribution is 6.47. The van der Waals surface area contributed by atoms with Crippen LogP contribution in [0.2, 0.25) is 0 Å². The molecule has 29 heavy (non-hydrogen) atoms. The van der Waals surface area contributed by atoms with Crippen molar-refractivity contribution in [3.05, 3.63) is 76.6 Å². The average Bonchev–Trinajstić information content (AvgIpc) is 2.93. The Kier molecular flexibility index (Phi) is 5.59. The van der Waals surface area contributed by atoms with Crippen LogP contribution in [0.5, 0.6) is 0 Å². The molecule has 0 atom stereocenters. The van der Waals surface area contributed by atoms with Crippen LogP contribution in [-0.2, 0) is 11.8 Å². The molecule has 3 aromatic rings. The van der Waals surface area contributed by atoms with E-state index in [-0.39, 0.29) is 22.7 Å². The summed E-state index contributed by atoms with van der Waals surface area (Å²) >= 11 is 0. The molecular formula is C22H22N4O3. The monoisotopic (exact) mass is 390 g/mol. The van der Waals surface area contributed by atoms with Gasteiger partial charge in [0.2, 0.25) is 0 Å². The van der Waals surface area contributed by atoms with Gasteiger partial charge in [-0.3, -0.25) is 19.1 Å². The molecule has 2 aromatic carbocycles. The van der Waals surface area contributed by atoms with E-state index < -0.39 is 11.7 Å². The molecule has 0 aliphatic heterocycles. The van der Waals surface area contributed by atoms with Crippen molar-refractivity contribution in [3.8, 4) is 0 Å². The summed E-state index contributed by atoms with van der Waals surface area (Å²) in [6.07, 6.45) is 0. The van der Waals surface area contributed by atoms with Gasteiger partial charge in [-0.1, -0.05) is 24.3 Å². The third-order valence-corrected chi connectivity index (χ3v) is 4.64. The van der Waals surface area contributed by atoms with Crippen molar-refractivity contribution in [1.82, 2.24) is 9.78 Å². The molecule has 3 rings (SSSR count). The van der Waals surface area contributed by atoms with Crippen LogP contribution < -0.4 is 10.6 Å². The molecule has 0 bridgehead atoms. The van der Waals surface area contributed by atoms with E-state index >= 15 is 0 Å². The maximum absolute atomic E-state index is 12.7. The predicted octanol–water partition coefficient (Wildman–Crippen LogP) is 3.42. The van der Waals surface area contributed by atoms with E-state index in [1.807, 2.05) is 25.1 Å². The van der Waals surface area contributed by atoms with Gasteiger partial charge in [0.15, 0.2) is 0 Å². The minimum absolute atomic E-state index is 0.259. The number of para-hydroxylation sites is 1. The number of ketones is 1. The summed E-state index contributed by atoms with van der Waals surface area (Å²) in [6, 6.07) is 13.9. The minimum atomic E-state index is -0.819. The van der Waals surface area contributed by atoms with Crippen LogP contribution in [0.25, 0.3) is 0 Å². The maximum atomic E-state index is 12.7. The van der Waals surface area contributed by atoms with Crippen LogP contribution in [0.15, 0.2) is 48.5 Å². The lowest BCUT2D eigenvalue weighted by Crippen LogP contribution is -2.25. The molecule has 0 aliphatic rings. The zero-order valence-electron chi connectivity index (χ0n) is 16.7. The Bertz CT molecular complexity index is 1110. The van der Waals surface area contributed by atoms with Gasteiger partial charge in [-0.05, 0) is 50.6 Å². The number of rotatable bonds is 5. The smallest absolute Gasteiger partial charge is 0.296 e. The van der Waals surface area contributed by atoms with Crippen LogP contribution in [-0.4, -0.2) is 27.4 Å². The number of anilines is 2. The lowest BCUT2D eigenvalue weighted by atomic mass is 10.1. The summed E-state index contributed by atoms with van der Waals surface area (Å²) in [5.41, 5.74) is 3.53. The first-order chi connectivity index (χ1) is 13.8. The van der Waals surface area contributed by atoms with Gasteiger partial charge in [-0.15, -0.1) is 0 Å². The molecule has 148 valence electrons. The highest BCUT2D eigenvalue weighted by Gasteiger charge is 2.25. The van der Waals surface area contributed by atoms with E-state index in [4.69, 9.17) is 0 Å². The third-order valence-electron chi connectivity index (χ3n) is 4.64. The number of aromatic nitrogens is 2. The number of carbonyl (C=O) groups is 3. The fourth-order valence-corrected chi connectivity index (χ4v) is 3.11. The van der Waals surface area contributed by atoms with Crippen molar-refractivity contribution in [2.45, 2.75) is 20.8 Å². The van der Waals surface area contributed by atoms with Crippen molar-refractivity contribution in [2.24, 2.45) is 7.05 Å². The second kappa shape index (κ2) is 8.10. The fraction of sp³-hybridized carbons (Fsp3) is 0.182. The van der Waals surface area contributed by atoms with Crippen molar-refractivity contribution in [3.63, 3.8) is 0 Å². The molecule has 0 aliphatic carbocycles. The van der Waals surface area contributed by atoms with Crippen LogP contribution >= 0.6 is 0 Å². The van der Waals surface area contributed by atoms with Gasteiger partial charge in [-0.25, -0.2) is 0 Å². The van der Waals surface area contributed by atoms with E-state index in [0.717, 1.165) is 5.56 Å². The summed E-state index contributed by atoms with van der Waals surface area (Å²) in [4.78, 5) is 37.9. The number of nitrogens with zero attached hydrogens (tertiary/aromatic N) is 2. The van der Waals surface area contributed by atoms with Crippen LogP contribution in [0.4, 0.5) is 11.4 Å². The highest BCUT2D eigenvalue weighted by Crippen LogP contribution is 2.19. The molecule has 1 aromatic heterocycles. The topological polar surface area (TPSA) is 93.1 Å². The van der Waals surface area contributed by atoms with Crippen molar-refractivity contribution >= 4 is 29.0 Å². The predicted molar refractivity (Wildman–Crippen MR) is 111 cm³/mol. The molecular weight excluding hydrogens is 368 g/mol. The van der Waals surface area contributed by atoms with Crippen LogP contribution in [0.3, 0.4) is 0 Å². The van der Waals surface area contributed by atoms with E-state index in [1.165, 1.54) is 0 Å². The number of carbonyl (C=O) groups excluding carboxylic acids is 3. The Morgan fingerprint density at radius 2 is 1.66 bits per heavy atom. The van der Waals surface area contributed by atoms with E-state index in [1.54, 1.807) is 55.9 Å². The second-order valence-electron chi connectivity index (χ2n) is 6.82. The Hall–Kier alpha value is -3.74. The Labute approximate surface area is 168 Å². The van der Waals surface area contributed by atoms with Gasteiger partial charge in [0.25, 0.3) is 17.6 Å². The van der Waals surface area contributed by atoms with Gasteiger partial charge in [0.1, 0.15) is 0 Å². The van der Waals surface area contributed by atoms with Crippen LogP contribution in [0.1, 0.15) is 37.7 Å². The molecule has 2 N–H and O–H groups in total. The number of nitrogens with one attached hydrogen (secondary N) is 2. The second-order valence-corrected chi connectivity index (χ2v) is 6.82. The number of amides is 2. The molecule has 2 amide bonds. The maximum Gasteiger partial charge on any atom is 0.296 e. The number of aryl methyl sites for hydroxylation is 3. The first kappa shape index (κ1) is 20.0. The quantitative estimate of drug-likeness (QED) is 0.516. The summed E-state index contributed by atoms with van der Waals surface area (Å²) in [5, 5.41) is 9.54. The van der Waals surface area contributed by atoms with Gasteiger partial charge >= 0.3 is 0 Å². The van der Waals surface area contributed by atoms with Crippen molar-refractivity contribution in [1.29, 1.82) is 0 Å². The molecule has 0 fully saturated rings. The zero-order valence-corrected chi connectivity index (χ0v) is 16.7. The number of Topliss-reactive ketones (excluding diaryl/α,β-unsaturated/α-hetero) is 1. The fourth-order valence-electron chi connectivity index (χ4n) is 3.11. The number of benzene rings is 2. The number of hydrogen-bond donors (Lipinski definition) is 2. The molecule has 1 heterocycles. The molecule has 0 spiro atoms. The van der Waals surface area contributed by atoms with Gasteiger partial charge in [0.05, 0.1) is 22.5 Å². The summed E-state index contributed by atoms with van der Waals surface area (Å²) < 4.78 is 1.55. The first-order valence-electron chi connectivity index (χ1n) is 9.11. The van der Waals surface area contributed by atoms with E-state index in [0.29, 0.717) is 17.1 Å². The SMILES string of the molecule is Cc1cccc(NC(=O)c2ccccc2NC(=O)C(=O)c2c(C)nn(C)c2C)c1. The minimum Gasteiger partial charge on any atom is -0.322 e. The zero-order chi connectivity index (χ0) is 21.1. The molecule has 7 heteroatoms. The Morgan fingerprint density at radius 3 is 2.31 bits per heavy atom. The lowest BCUT2D eigenvalue weighted by Gasteiger charge is -2.11. The standard InChI is InChI=1S/C22H22N4O3/c1-13-8-7-9-16(12-13)23-21(28)17-10-5-6-11-18(17)24-22(29)20(27)19-14(2)25-26(4)15(19)3/h5-12H,1-4H3,(H,23,28)(H,24,29). The molecule has 0 saturated carbocycles. The lowest BCUT2D eigenvalue weighted by molar-refractivity contribution is -0.112. The largest absolute Gasteiger partial charge is 0.322 e. The van der Waals surface area contributed by atoms with Crippen molar-refractivity contribution in [2.75, 3.05) is 10.6 Å². The molecule has 7 nitrogen and oxygen atoms in total. The van der Waals surface area contributed by atoms with Crippen LogP contribution in [0, 0.1) is 20.8 Å². The number of hydrogen-bond acceptors (Lipinski definition) is 4. The molecule has 0 saturated heterocycles. The van der Waals surface area contributed by atoms with Crippen molar-refractivity contribution < 1.29 is 14.4 Å². The molecule has 0 unspecified atom stereocenters. The Balaban J connectivity index is 1.82. The van der Waals surface area contributed by atoms with Gasteiger partial charge < -0.3 is 10.6 Å². The highest BCUT2D eigenvalue weighted by atomic mass is 16.2. The van der Waals surface area contributed by atoms with E-state index in [9.17, 15) is 14.4 Å². The summed E-state index contributed by atoms with van der Waals surface area (Å²) in [6.45, 7) is 5.33.